The van der Waals surface area contributed by atoms with Gasteiger partial charge in [0.1, 0.15) is 0 Å². The van der Waals surface area contributed by atoms with E-state index in [-0.39, 0.29) is 11.2 Å². The molecule has 2 nitrogen and oxygen atoms in total. The third-order valence-corrected chi connectivity index (χ3v) is 2.00. The fourth-order valence-corrected chi connectivity index (χ4v) is 1.10. The molecule has 0 bridgehead atoms. The molecule has 0 atom stereocenters. The van der Waals surface area contributed by atoms with Crippen molar-refractivity contribution < 1.29 is 9.78 Å². The lowest BCUT2D eigenvalue weighted by molar-refractivity contribution is -0.393. The molecule has 0 unspecified atom stereocenters. The Bertz CT molecular complexity index is 143. The van der Waals surface area contributed by atoms with Gasteiger partial charge in [0, 0.05) is 0 Å². The summed E-state index contributed by atoms with van der Waals surface area (Å²) in [6.45, 7) is 16.3. The minimum absolute atomic E-state index is 0.215. The lowest BCUT2D eigenvalue weighted by atomic mass is 10.1. The largest absolute Gasteiger partial charge is 0.230 e. The van der Waals surface area contributed by atoms with Crippen molar-refractivity contribution in [1.29, 1.82) is 0 Å². The second-order valence-corrected chi connectivity index (χ2v) is 6.81. The molecule has 0 aliphatic heterocycles. The molecule has 0 aromatic carbocycles. The van der Waals surface area contributed by atoms with E-state index in [0.717, 1.165) is 0 Å². The van der Waals surface area contributed by atoms with Gasteiger partial charge in [-0.3, -0.25) is 0 Å². The molecule has 0 radical (unpaired) electrons. The predicted octanol–water partition coefficient (Wildman–Crippen LogP) is 5.90. The summed E-state index contributed by atoms with van der Waals surface area (Å²) < 4.78 is 0. The maximum atomic E-state index is 5.09. The summed E-state index contributed by atoms with van der Waals surface area (Å²) in [4.78, 5) is 10.2. The van der Waals surface area contributed by atoms with Crippen LogP contribution in [0, 0.1) is 0 Å². The highest BCUT2D eigenvalue weighted by molar-refractivity contribution is 4.58. The molecule has 0 aromatic rings. The van der Waals surface area contributed by atoms with Gasteiger partial charge in [0.05, 0.1) is 11.2 Å². The SMILES string of the molecule is CC(C)(C)OOC(C)(C)C.CCCCCCCC. The molecule has 0 heterocycles. The van der Waals surface area contributed by atoms with Gasteiger partial charge in [0.2, 0.25) is 0 Å². The Labute approximate surface area is 115 Å². The van der Waals surface area contributed by atoms with E-state index in [2.05, 4.69) is 13.8 Å². The quantitative estimate of drug-likeness (QED) is 0.336. The zero-order chi connectivity index (χ0) is 14.7. The molecule has 18 heavy (non-hydrogen) atoms. The Morgan fingerprint density at radius 2 is 0.833 bits per heavy atom. The van der Waals surface area contributed by atoms with E-state index in [1.54, 1.807) is 0 Å². The minimum Gasteiger partial charge on any atom is -0.230 e. The van der Waals surface area contributed by atoms with Gasteiger partial charge in [-0.15, -0.1) is 0 Å². The van der Waals surface area contributed by atoms with E-state index >= 15 is 0 Å². The van der Waals surface area contributed by atoms with Crippen LogP contribution in [0.2, 0.25) is 0 Å². The monoisotopic (exact) mass is 260 g/mol. The number of hydrogen-bond acceptors (Lipinski definition) is 2. The zero-order valence-corrected chi connectivity index (χ0v) is 14.1. The van der Waals surface area contributed by atoms with Crippen LogP contribution >= 0.6 is 0 Å². The van der Waals surface area contributed by atoms with Crippen molar-refractivity contribution in [2.24, 2.45) is 0 Å². The van der Waals surface area contributed by atoms with Crippen molar-refractivity contribution in [3.63, 3.8) is 0 Å². The van der Waals surface area contributed by atoms with E-state index in [9.17, 15) is 0 Å². The van der Waals surface area contributed by atoms with Gasteiger partial charge in [-0.2, -0.15) is 0 Å². The second-order valence-electron chi connectivity index (χ2n) is 6.81. The first-order valence-corrected chi connectivity index (χ1v) is 7.49. The summed E-state index contributed by atoms with van der Waals surface area (Å²) in [5, 5.41) is 0. The van der Waals surface area contributed by atoms with Gasteiger partial charge in [0.25, 0.3) is 0 Å². The van der Waals surface area contributed by atoms with Crippen molar-refractivity contribution in [3.05, 3.63) is 0 Å². The number of hydrogen-bond donors (Lipinski definition) is 0. The Morgan fingerprint density at radius 3 is 1.00 bits per heavy atom. The maximum Gasteiger partial charge on any atom is 0.0952 e. The highest BCUT2D eigenvalue weighted by atomic mass is 17.2. The first-order chi connectivity index (χ1) is 8.12. The molecule has 0 spiro atoms. The molecule has 0 amide bonds. The average Bonchev–Trinajstić information content (AvgIpc) is 2.21. The van der Waals surface area contributed by atoms with Gasteiger partial charge in [-0.1, -0.05) is 52.4 Å². The van der Waals surface area contributed by atoms with Crippen molar-refractivity contribution in [1.82, 2.24) is 0 Å². The average molecular weight is 260 g/mol. The molecule has 0 fully saturated rings. The van der Waals surface area contributed by atoms with Crippen LogP contribution in [-0.2, 0) is 9.78 Å². The predicted molar refractivity (Wildman–Crippen MR) is 80.7 cm³/mol. The van der Waals surface area contributed by atoms with Crippen molar-refractivity contribution in [2.45, 2.75) is 105 Å². The Kier molecular flexibility index (Phi) is 12.2. The van der Waals surface area contributed by atoms with Crippen LogP contribution in [0.15, 0.2) is 0 Å². The highest BCUT2D eigenvalue weighted by Gasteiger charge is 2.18. The lowest BCUT2D eigenvalue weighted by Gasteiger charge is -2.24. The molecule has 0 saturated heterocycles. The fraction of sp³-hybridized carbons (Fsp3) is 1.00. The summed E-state index contributed by atoms with van der Waals surface area (Å²) in [6, 6.07) is 0. The van der Waals surface area contributed by atoms with Crippen LogP contribution in [0.25, 0.3) is 0 Å². The summed E-state index contributed by atoms with van der Waals surface area (Å²) >= 11 is 0. The summed E-state index contributed by atoms with van der Waals surface area (Å²) in [5.74, 6) is 0. The summed E-state index contributed by atoms with van der Waals surface area (Å²) in [7, 11) is 0. The van der Waals surface area contributed by atoms with E-state index in [0.29, 0.717) is 0 Å². The van der Waals surface area contributed by atoms with Crippen LogP contribution in [0.1, 0.15) is 93.9 Å². The molecular weight excluding hydrogens is 224 g/mol. The molecule has 112 valence electrons. The maximum absolute atomic E-state index is 5.09. The molecule has 2 heteroatoms. The van der Waals surface area contributed by atoms with Crippen molar-refractivity contribution in [3.8, 4) is 0 Å². The second kappa shape index (κ2) is 10.8. The van der Waals surface area contributed by atoms with Crippen LogP contribution in [0.5, 0.6) is 0 Å². The molecule has 0 aliphatic carbocycles. The first kappa shape index (κ1) is 20.2. The van der Waals surface area contributed by atoms with Gasteiger partial charge in [-0.05, 0) is 41.5 Å². The van der Waals surface area contributed by atoms with E-state index in [1.807, 2.05) is 41.5 Å². The summed E-state index contributed by atoms with van der Waals surface area (Å²) in [5.41, 5.74) is -0.430. The van der Waals surface area contributed by atoms with Crippen molar-refractivity contribution >= 4 is 0 Å². The van der Waals surface area contributed by atoms with Crippen molar-refractivity contribution in [2.75, 3.05) is 0 Å². The van der Waals surface area contributed by atoms with Gasteiger partial charge in [-0.25, -0.2) is 9.78 Å². The zero-order valence-electron chi connectivity index (χ0n) is 14.1. The molecule has 0 N–H and O–H groups in total. The molecule has 0 aromatic heterocycles. The van der Waals surface area contributed by atoms with E-state index in [4.69, 9.17) is 9.78 Å². The topological polar surface area (TPSA) is 18.5 Å². The molecule has 0 aliphatic rings. The van der Waals surface area contributed by atoms with Crippen LogP contribution < -0.4 is 0 Å². The van der Waals surface area contributed by atoms with Gasteiger partial charge < -0.3 is 0 Å². The third-order valence-electron chi connectivity index (χ3n) is 2.00. The normalized spacial score (nSPS) is 12.0. The lowest BCUT2D eigenvalue weighted by Crippen LogP contribution is -2.27. The smallest absolute Gasteiger partial charge is 0.0952 e. The molecule has 0 rings (SSSR count). The third kappa shape index (κ3) is 24.9. The standard InChI is InChI=1S/C8H18O2.C8H18/c1-7(2,3)9-10-8(4,5)6;1-3-5-7-8-6-4-2/h1-6H3;3-8H2,1-2H3. The van der Waals surface area contributed by atoms with Crippen LogP contribution in [-0.4, -0.2) is 11.2 Å². The van der Waals surface area contributed by atoms with Gasteiger partial charge in [0.15, 0.2) is 0 Å². The van der Waals surface area contributed by atoms with E-state index < -0.39 is 0 Å². The number of unbranched alkanes of at least 4 members (excludes halogenated alkanes) is 5. The van der Waals surface area contributed by atoms with Gasteiger partial charge >= 0.3 is 0 Å². The Hall–Kier alpha value is -0.0800. The molecule has 0 saturated carbocycles. The Morgan fingerprint density at radius 1 is 0.556 bits per heavy atom. The fourth-order valence-electron chi connectivity index (χ4n) is 1.10. The van der Waals surface area contributed by atoms with Crippen LogP contribution in [0.4, 0.5) is 0 Å². The highest BCUT2D eigenvalue weighted by Crippen LogP contribution is 2.14. The first-order valence-electron chi connectivity index (χ1n) is 7.49. The minimum atomic E-state index is -0.215. The van der Waals surface area contributed by atoms with Crippen LogP contribution in [0.3, 0.4) is 0 Å². The molecular formula is C16H36O2. The summed E-state index contributed by atoms with van der Waals surface area (Å²) in [6.07, 6.45) is 8.49. The van der Waals surface area contributed by atoms with E-state index in [1.165, 1.54) is 38.5 Å². The number of rotatable bonds is 6. The Balaban J connectivity index is 0.